The van der Waals surface area contributed by atoms with Crippen LogP contribution in [0.1, 0.15) is 29.4 Å². The highest BCUT2D eigenvalue weighted by atomic mass is 16.6. The van der Waals surface area contributed by atoms with E-state index in [1.807, 2.05) is 0 Å². The first kappa shape index (κ1) is 17.0. The quantitative estimate of drug-likeness (QED) is 0.536. The molecule has 0 radical (unpaired) electrons. The van der Waals surface area contributed by atoms with Crippen LogP contribution in [0.5, 0.6) is 0 Å². The van der Waals surface area contributed by atoms with Gasteiger partial charge >= 0.3 is 0 Å². The van der Waals surface area contributed by atoms with Gasteiger partial charge in [-0.2, -0.15) is 0 Å². The van der Waals surface area contributed by atoms with Crippen LogP contribution in [0.25, 0.3) is 10.9 Å². The predicted molar refractivity (Wildman–Crippen MR) is 95.0 cm³/mol. The molecule has 2 heterocycles. The van der Waals surface area contributed by atoms with Crippen LogP contribution in [0.15, 0.2) is 35.1 Å². The third-order valence-corrected chi connectivity index (χ3v) is 3.97. The van der Waals surface area contributed by atoms with E-state index in [1.54, 1.807) is 0 Å². The lowest BCUT2D eigenvalue weighted by Crippen LogP contribution is -2.32. The lowest BCUT2D eigenvalue weighted by Gasteiger charge is -2.05. The van der Waals surface area contributed by atoms with Gasteiger partial charge in [0.05, 0.1) is 0 Å². The minimum absolute atomic E-state index is 0.00538. The smallest absolute Gasteiger partial charge is 0.277 e. The number of fused-ring (bicyclic) bond motifs is 1. The van der Waals surface area contributed by atoms with Gasteiger partial charge in [-0.05, 0) is 28.4 Å². The lowest BCUT2D eigenvalue weighted by atomic mass is 10.2. The summed E-state index contributed by atoms with van der Waals surface area (Å²) < 4.78 is 6.70. The van der Waals surface area contributed by atoms with Gasteiger partial charge < -0.3 is 20.9 Å². The standard InChI is InChI=1S/C17H22N6O2/c1-2-9-23-11-12(13-5-3-4-6-14(13)23)10-19-7-8-20-17(24)15-16(18)22-25-21-15/h3-6,11,19H,2,7-10H2,1H3,(H2,18,22)(H,20,24). The molecule has 0 fully saturated rings. The molecule has 0 aliphatic rings. The van der Waals surface area contributed by atoms with Crippen LogP contribution < -0.4 is 16.4 Å². The van der Waals surface area contributed by atoms with Gasteiger partial charge in [-0.15, -0.1) is 0 Å². The van der Waals surface area contributed by atoms with Crippen molar-refractivity contribution in [1.29, 1.82) is 0 Å². The molecule has 0 unspecified atom stereocenters. The van der Waals surface area contributed by atoms with Crippen molar-refractivity contribution in [2.75, 3.05) is 18.8 Å². The maximum absolute atomic E-state index is 11.8. The van der Waals surface area contributed by atoms with Gasteiger partial charge in [0.2, 0.25) is 11.5 Å². The van der Waals surface area contributed by atoms with Gasteiger partial charge in [-0.25, -0.2) is 4.63 Å². The third kappa shape index (κ3) is 3.80. The second-order valence-corrected chi connectivity index (χ2v) is 5.80. The number of nitrogens with one attached hydrogen (secondary N) is 2. The molecule has 1 aromatic carbocycles. The Balaban J connectivity index is 1.52. The topological polar surface area (TPSA) is 111 Å². The predicted octanol–water partition coefficient (Wildman–Crippen LogP) is 1.54. The molecule has 132 valence electrons. The summed E-state index contributed by atoms with van der Waals surface area (Å²) in [6.07, 6.45) is 3.29. The molecule has 3 rings (SSSR count). The summed E-state index contributed by atoms with van der Waals surface area (Å²) in [4.78, 5) is 11.8. The van der Waals surface area contributed by atoms with E-state index in [4.69, 9.17) is 5.73 Å². The number of aryl methyl sites for hydroxylation is 1. The van der Waals surface area contributed by atoms with Crippen LogP contribution in [0.3, 0.4) is 0 Å². The van der Waals surface area contributed by atoms with E-state index in [1.165, 1.54) is 16.5 Å². The van der Waals surface area contributed by atoms with E-state index in [9.17, 15) is 4.79 Å². The Kier molecular flexibility index (Phi) is 5.30. The first-order chi connectivity index (χ1) is 12.2. The number of anilines is 1. The van der Waals surface area contributed by atoms with Gasteiger partial charge in [0.15, 0.2) is 0 Å². The monoisotopic (exact) mass is 342 g/mol. The molecule has 0 spiro atoms. The molecule has 8 heteroatoms. The molecule has 3 aromatic rings. The van der Waals surface area contributed by atoms with Gasteiger partial charge in [0.25, 0.3) is 5.91 Å². The normalized spacial score (nSPS) is 11.1. The van der Waals surface area contributed by atoms with E-state index in [2.05, 4.69) is 67.5 Å². The number of carbonyl (C=O) groups is 1. The number of para-hydroxylation sites is 1. The number of benzene rings is 1. The van der Waals surface area contributed by atoms with Crippen molar-refractivity contribution in [3.05, 3.63) is 41.7 Å². The molecule has 0 saturated heterocycles. The fraction of sp³-hybridized carbons (Fsp3) is 0.353. The van der Waals surface area contributed by atoms with E-state index in [0.29, 0.717) is 13.1 Å². The number of amides is 1. The van der Waals surface area contributed by atoms with Crippen LogP contribution in [0.2, 0.25) is 0 Å². The number of nitrogens with zero attached hydrogens (tertiary/aromatic N) is 3. The summed E-state index contributed by atoms with van der Waals surface area (Å²) in [5, 5.41) is 14.2. The highest BCUT2D eigenvalue weighted by Gasteiger charge is 2.15. The van der Waals surface area contributed by atoms with Gasteiger partial charge in [-0.1, -0.05) is 25.1 Å². The number of nitrogens with two attached hydrogens (primary N) is 1. The van der Waals surface area contributed by atoms with Crippen molar-refractivity contribution in [2.24, 2.45) is 0 Å². The van der Waals surface area contributed by atoms with Crippen LogP contribution in [-0.2, 0) is 13.1 Å². The Hall–Kier alpha value is -2.87. The SMILES string of the molecule is CCCn1cc(CNCCNC(=O)c2nonc2N)c2ccccc21. The molecule has 0 atom stereocenters. The van der Waals surface area contributed by atoms with E-state index >= 15 is 0 Å². The summed E-state index contributed by atoms with van der Waals surface area (Å²) in [6.45, 7) is 5.00. The molecular weight excluding hydrogens is 320 g/mol. The Morgan fingerprint density at radius 2 is 2.12 bits per heavy atom. The van der Waals surface area contributed by atoms with Gasteiger partial charge in [0.1, 0.15) is 0 Å². The highest BCUT2D eigenvalue weighted by Crippen LogP contribution is 2.21. The number of hydrogen-bond donors (Lipinski definition) is 3. The van der Waals surface area contributed by atoms with Crippen molar-refractivity contribution in [2.45, 2.75) is 26.4 Å². The summed E-state index contributed by atoms with van der Waals surface area (Å²) >= 11 is 0. The Bertz CT molecular complexity index is 854. The number of hydrogen-bond acceptors (Lipinski definition) is 6. The minimum atomic E-state index is -0.389. The van der Waals surface area contributed by atoms with Crippen molar-refractivity contribution in [3.63, 3.8) is 0 Å². The van der Waals surface area contributed by atoms with Crippen molar-refractivity contribution >= 4 is 22.6 Å². The number of carbonyl (C=O) groups excluding carboxylic acids is 1. The first-order valence-electron chi connectivity index (χ1n) is 8.34. The first-order valence-corrected chi connectivity index (χ1v) is 8.34. The van der Waals surface area contributed by atoms with Crippen molar-refractivity contribution in [1.82, 2.24) is 25.5 Å². The van der Waals surface area contributed by atoms with Crippen LogP contribution in [0, 0.1) is 0 Å². The average molecular weight is 342 g/mol. The average Bonchev–Trinajstić information content (AvgIpc) is 3.19. The molecule has 0 aliphatic heterocycles. The minimum Gasteiger partial charge on any atom is -0.379 e. The highest BCUT2D eigenvalue weighted by molar-refractivity contribution is 5.95. The van der Waals surface area contributed by atoms with E-state index < -0.39 is 0 Å². The molecule has 25 heavy (non-hydrogen) atoms. The molecule has 4 N–H and O–H groups in total. The zero-order valence-electron chi connectivity index (χ0n) is 14.2. The second-order valence-electron chi connectivity index (χ2n) is 5.80. The van der Waals surface area contributed by atoms with Gasteiger partial charge in [0, 0.05) is 43.3 Å². The maximum atomic E-state index is 11.8. The molecule has 0 bridgehead atoms. The fourth-order valence-electron chi connectivity index (χ4n) is 2.81. The Morgan fingerprint density at radius 1 is 1.28 bits per heavy atom. The fourth-order valence-corrected chi connectivity index (χ4v) is 2.81. The molecule has 2 aromatic heterocycles. The zero-order valence-corrected chi connectivity index (χ0v) is 14.2. The summed E-state index contributed by atoms with van der Waals surface area (Å²) in [7, 11) is 0. The summed E-state index contributed by atoms with van der Waals surface area (Å²) in [5.41, 5.74) is 8.00. The van der Waals surface area contributed by atoms with E-state index in [0.717, 1.165) is 19.5 Å². The Morgan fingerprint density at radius 3 is 2.88 bits per heavy atom. The summed E-state index contributed by atoms with van der Waals surface area (Å²) in [6, 6.07) is 8.40. The maximum Gasteiger partial charge on any atom is 0.277 e. The zero-order chi connectivity index (χ0) is 17.6. The van der Waals surface area contributed by atoms with Crippen molar-refractivity contribution < 1.29 is 9.42 Å². The van der Waals surface area contributed by atoms with E-state index in [-0.39, 0.29) is 17.4 Å². The second kappa shape index (κ2) is 7.80. The number of rotatable bonds is 8. The van der Waals surface area contributed by atoms with Crippen LogP contribution >= 0.6 is 0 Å². The van der Waals surface area contributed by atoms with Crippen LogP contribution in [-0.4, -0.2) is 33.9 Å². The lowest BCUT2D eigenvalue weighted by molar-refractivity contribution is 0.0944. The molecular formula is C17H22N6O2. The Labute approximate surface area is 145 Å². The molecule has 0 saturated carbocycles. The molecule has 8 nitrogen and oxygen atoms in total. The number of nitrogen functional groups attached to an aromatic ring is 1. The largest absolute Gasteiger partial charge is 0.379 e. The number of aromatic nitrogens is 3. The van der Waals surface area contributed by atoms with Gasteiger partial charge in [-0.3, -0.25) is 4.79 Å². The molecule has 0 aliphatic carbocycles. The molecule has 1 amide bonds. The van der Waals surface area contributed by atoms with Crippen molar-refractivity contribution in [3.8, 4) is 0 Å². The third-order valence-electron chi connectivity index (χ3n) is 3.97. The summed E-state index contributed by atoms with van der Waals surface area (Å²) in [5.74, 6) is -0.394. The van der Waals surface area contributed by atoms with Crippen LogP contribution in [0.4, 0.5) is 5.82 Å².